The van der Waals surface area contributed by atoms with Crippen LogP contribution in [0.3, 0.4) is 0 Å². The third kappa shape index (κ3) is 20.8. The van der Waals surface area contributed by atoms with Crippen LogP contribution in [0.1, 0.15) is 48.4 Å². The van der Waals surface area contributed by atoms with Crippen LogP contribution in [-0.2, 0) is 40.2 Å². The van der Waals surface area contributed by atoms with Crippen molar-refractivity contribution in [2.24, 2.45) is 13.0 Å². The highest BCUT2D eigenvalue weighted by Crippen LogP contribution is 2.32. The van der Waals surface area contributed by atoms with E-state index in [9.17, 15) is 28.0 Å². The summed E-state index contributed by atoms with van der Waals surface area (Å²) in [6.45, 7) is 8.17. The molecule has 0 aliphatic carbocycles. The van der Waals surface area contributed by atoms with Crippen molar-refractivity contribution in [2.45, 2.75) is 24.7 Å². The monoisotopic (exact) mass is 1510 g/mol. The van der Waals surface area contributed by atoms with E-state index in [1.165, 1.54) is 42.7 Å². The summed E-state index contributed by atoms with van der Waals surface area (Å²) >= 11 is 0. The van der Waals surface area contributed by atoms with Crippen molar-refractivity contribution in [3.8, 4) is 23.5 Å². The molecule has 4 fully saturated rings. The van der Waals surface area contributed by atoms with Crippen molar-refractivity contribution in [1.82, 2.24) is 44.7 Å². The van der Waals surface area contributed by atoms with Gasteiger partial charge < -0.3 is 84.8 Å². The highest BCUT2D eigenvalue weighted by molar-refractivity contribution is 6.09. The molecule has 32 heteroatoms. The zero-order valence-corrected chi connectivity index (χ0v) is 60.0. The minimum absolute atomic E-state index is 0.00792. The Morgan fingerprint density at radius 3 is 1.32 bits per heavy atom. The number of halogens is 2. The number of fused-ring (bicyclic) bond motifs is 4. The maximum atomic E-state index is 13.2. The Balaban J connectivity index is 0.000000130. The number of ether oxygens (including phenoxy) is 11. The van der Waals surface area contributed by atoms with Crippen LogP contribution in [0.5, 0.6) is 23.5 Å². The number of anilines is 6. The van der Waals surface area contributed by atoms with E-state index in [2.05, 4.69) is 61.3 Å². The normalized spacial score (nSPS) is 16.6. The average molecular weight is 1510 g/mol. The highest BCUT2D eigenvalue weighted by atomic mass is 19.1. The van der Waals surface area contributed by atoms with Gasteiger partial charge in [0.15, 0.2) is 11.4 Å². The number of benzene rings is 4. The zero-order valence-electron chi connectivity index (χ0n) is 60.0. The number of hydrogen-bond acceptors (Lipinski definition) is 25. The zero-order chi connectivity index (χ0) is 76.8. The van der Waals surface area contributed by atoms with Gasteiger partial charge in [-0.05, 0) is 162 Å². The van der Waals surface area contributed by atoms with E-state index >= 15 is 0 Å². The second-order valence-corrected chi connectivity index (χ2v) is 25.4. The molecule has 12 aromatic rings. The van der Waals surface area contributed by atoms with Gasteiger partial charge in [-0.25, -0.2) is 39.3 Å². The van der Waals surface area contributed by atoms with Crippen LogP contribution in [-0.4, -0.2) is 186 Å². The summed E-state index contributed by atoms with van der Waals surface area (Å²) < 4.78 is 89.4. The summed E-state index contributed by atoms with van der Waals surface area (Å²) in [5, 5.41) is 21.5. The lowest BCUT2D eigenvalue weighted by Gasteiger charge is -2.22. The smallest absolute Gasteiger partial charge is 0.276 e. The summed E-state index contributed by atoms with van der Waals surface area (Å²) in [5.74, 6) is -0.336. The number of aryl methyl sites for hydroxylation is 1. The van der Waals surface area contributed by atoms with Crippen molar-refractivity contribution in [2.75, 3.05) is 132 Å². The standard InChI is InChI=1S/2C20H18FN3O4.C20H20N4O4.C19H21N5O3/c21-14-1-4-18(23-10-14)19(25)24-15-2-3-17-13(9-15)5-6-22-20(17)28-12-16-11-26-7-8-27-16;21-18-3-1-2-17(24-18)19(25)23-14-4-5-16-13(10-14)6-7-22-20(16)28-12-15-11-26-8-9-27-15;21-17-2-1-6-22-18(17)19(25)24-14-3-4-16-13(10-14)5-7-23-20(16)28-12-15-11-26-8-9-27-15;1-24-16-9-13(22-18(25)17-15(20)3-2-7-21-17)4-5-14(16)19(23-24)27-11-12-6-8-26-10-12/h1-6,9-10,16H,7-8,11-12H2,(H,24,25);1-7,10,15H,8-9,11-12H2,(H,23,25);1-7,10,15H,8-9,11-12,21H2,(H,24,25);2-5,7,9,12H,6,8,10-11,20H2,1H3,(H,22,25). The SMILES string of the molecule is Cn1nc(OCC2CCOC2)c2ccc(NC(=O)c3ncccc3N)cc21.Nc1cccnc1C(=O)Nc1ccc2c(OCC3COCCO3)nccc2c1.O=C(Nc1ccc2c(OCC3COCCO3)nccc2c1)c1ccc(F)cn1.O=C(Nc1ccc2c(OCC3COCCO3)nccc2c1)c1cccc(F)n1. The number of nitrogens with zero attached hydrogens (tertiary/aromatic N) is 9. The van der Waals surface area contributed by atoms with E-state index in [4.69, 9.17) is 63.6 Å². The van der Waals surface area contributed by atoms with Crippen molar-refractivity contribution >= 4 is 101 Å². The molecule has 16 rings (SSSR count). The fourth-order valence-electron chi connectivity index (χ4n) is 11.8. The molecule has 0 spiro atoms. The summed E-state index contributed by atoms with van der Waals surface area (Å²) in [6.07, 6.45) is 9.68. The number of nitrogen functional groups attached to an aromatic ring is 2. The van der Waals surface area contributed by atoms with Gasteiger partial charge in [-0.1, -0.05) is 6.07 Å². The predicted molar refractivity (Wildman–Crippen MR) is 406 cm³/mol. The minimum Gasteiger partial charge on any atom is -0.476 e. The number of hydrogen-bond donors (Lipinski definition) is 6. The van der Waals surface area contributed by atoms with Crippen LogP contribution in [0.25, 0.3) is 43.2 Å². The van der Waals surface area contributed by atoms with Crippen LogP contribution < -0.4 is 51.7 Å². The van der Waals surface area contributed by atoms with Gasteiger partial charge in [-0.15, -0.1) is 5.10 Å². The molecule has 12 heterocycles. The number of rotatable bonds is 20. The molecule has 0 bridgehead atoms. The Morgan fingerprint density at radius 1 is 0.441 bits per heavy atom. The molecular formula is C79H77F2N15O15. The van der Waals surface area contributed by atoms with Gasteiger partial charge in [0, 0.05) is 89.5 Å². The number of amides is 4. The molecule has 4 saturated heterocycles. The number of pyridine rings is 7. The maximum absolute atomic E-state index is 13.2. The van der Waals surface area contributed by atoms with Crippen molar-refractivity contribution in [3.05, 3.63) is 217 Å². The lowest BCUT2D eigenvalue weighted by atomic mass is 10.1. The molecule has 111 heavy (non-hydrogen) atoms. The summed E-state index contributed by atoms with van der Waals surface area (Å²) in [6, 6.07) is 40.5. The number of aromatic nitrogens is 9. The molecule has 0 radical (unpaired) electrons. The second kappa shape index (κ2) is 37.5. The Bertz CT molecular complexity index is 5220. The molecule has 4 aromatic carbocycles. The molecule has 4 aliphatic rings. The van der Waals surface area contributed by atoms with E-state index < -0.39 is 23.6 Å². The molecule has 8 N–H and O–H groups in total. The Morgan fingerprint density at radius 2 is 0.892 bits per heavy atom. The van der Waals surface area contributed by atoms with Crippen LogP contribution in [0.2, 0.25) is 0 Å². The molecule has 8 aromatic heterocycles. The Kier molecular flexibility index (Phi) is 25.9. The number of carbonyl (C=O) groups excluding carboxylic acids is 4. The van der Waals surface area contributed by atoms with Gasteiger partial charge in [-0.3, -0.25) is 23.9 Å². The van der Waals surface area contributed by atoms with Gasteiger partial charge in [0.1, 0.15) is 55.3 Å². The molecular weight excluding hydrogens is 1440 g/mol. The van der Waals surface area contributed by atoms with E-state index in [1.54, 1.807) is 71.8 Å². The van der Waals surface area contributed by atoms with Gasteiger partial charge in [0.2, 0.25) is 29.5 Å². The minimum atomic E-state index is -0.702. The fourth-order valence-corrected chi connectivity index (χ4v) is 11.8. The van der Waals surface area contributed by atoms with Crippen molar-refractivity contribution in [1.29, 1.82) is 0 Å². The quantitative estimate of drug-likeness (QED) is 0.0386. The molecule has 0 saturated carbocycles. The van der Waals surface area contributed by atoms with Gasteiger partial charge in [0.05, 0.1) is 101 Å². The third-order valence-corrected chi connectivity index (χ3v) is 17.4. The first-order valence-corrected chi connectivity index (χ1v) is 35.4. The molecule has 30 nitrogen and oxygen atoms in total. The number of nitrogens with two attached hydrogens (primary N) is 2. The topological polar surface area (TPSA) is 378 Å². The summed E-state index contributed by atoms with van der Waals surface area (Å²) in [5.41, 5.74) is 16.1. The molecule has 4 atom stereocenters. The largest absolute Gasteiger partial charge is 0.476 e. The summed E-state index contributed by atoms with van der Waals surface area (Å²) in [4.78, 5) is 77.6. The highest BCUT2D eigenvalue weighted by Gasteiger charge is 2.23. The number of nitrogens with one attached hydrogen (secondary N) is 4. The first-order valence-electron chi connectivity index (χ1n) is 35.4. The summed E-state index contributed by atoms with van der Waals surface area (Å²) in [7, 11) is 1.84. The van der Waals surface area contributed by atoms with E-state index in [-0.39, 0.29) is 52.9 Å². The third-order valence-electron chi connectivity index (χ3n) is 17.4. The first kappa shape index (κ1) is 76.6. The van der Waals surface area contributed by atoms with Gasteiger partial charge >= 0.3 is 0 Å². The van der Waals surface area contributed by atoms with Gasteiger partial charge in [0.25, 0.3) is 23.6 Å². The van der Waals surface area contributed by atoms with Crippen LogP contribution in [0.4, 0.5) is 42.9 Å². The van der Waals surface area contributed by atoms with E-state index in [0.29, 0.717) is 149 Å². The first-order chi connectivity index (χ1) is 54.2. The molecule has 4 amide bonds. The Hall–Kier alpha value is -12.6. The van der Waals surface area contributed by atoms with E-state index in [0.717, 1.165) is 69.1 Å². The lowest BCUT2D eigenvalue weighted by molar-refractivity contribution is -0.101. The lowest BCUT2D eigenvalue weighted by Crippen LogP contribution is -2.33. The van der Waals surface area contributed by atoms with E-state index in [1.807, 2.05) is 73.8 Å². The maximum Gasteiger partial charge on any atom is 0.276 e. The predicted octanol–water partition coefficient (Wildman–Crippen LogP) is 10.1. The van der Waals surface area contributed by atoms with Crippen LogP contribution >= 0.6 is 0 Å². The molecule has 572 valence electrons. The molecule has 4 aliphatic heterocycles. The second-order valence-electron chi connectivity index (χ2n) is 25.4. The van der Waals surface area contributed by atoms with Crippen molar-refractivity contribution < 1.29 is 80.1 Å². The Labute approximate surface area is 633 Å². The van der Waals surface area contributed by atoms with Crippen LogP contribution in [0, 0.1) is 17.7 Å². The molecule has 4 unspecified atom stereocenters. The number of carbonyl (C=O) groups is 4. The average Bonchev–Trinajstić information content (AvgIpc) is 1.61. The fraction of sp³-hybridized carbons (Fsp3) is 0.266. The van der Waals surface area contributed by atoms with Crippen molar-refractivity contribution in [3.63, 3.8) is 0 Å². The van der Waals surface area contributed by atoms with Crippen LogP contribution in [0.15, 0.2) is 183 Å². The van der Waals surface area contributed by atoms with Gasteiger partial charge in [-0.2, -0.15) is 4.39 Å².